The smallest absolute Gasteiger partial charge is 0.0713 e. The van der Waals surface area contributed by atoms with Gasteiger partial charge in [-0.3, -0.25) is 0 Å². The Balaban J connectivity index is 1.92. The maximum atomic E-state index is 5.15. The van der Waals surface area contributed by atoms with E-state index in [9.17, 15) is 0 Å². The largest absolute Gasteiger partial charge is 0.380 e. The highest BCUT2D eigenvalue weighted by molar-refractivity contribution is 5.25. The molecule has 1 heteroatoms. The van der Waals surface area contributed by atoms with Crippen LogP contribution in [-0.4, -0.2) is 7.11 Å². The Morgan fingerprint density at radius 2 is 1.78 bits per heavy atom. The lowest BCUT2D eigenvalue weighted by molar-refractivity contribution is 0.185. The van der Waals surface area contributed by atoms with E-state index in [2.05, 4.69) is 43.3 Å². The Morgan fingerprint density at radius 1 is 1.11 bits per heavy atom. The number of allylic oxidation sites excluding steroid dienone is 2. The number of methoxy groups -OCH3 is 1. The highest BCUT2D eigenvalue weighted by Crippen LogP contribution is 2.36. The van der Waals surface area contributed by atoms with Gasteiger partial charge in [-0.25, -0.2) is 0 Å². The minimum atomic E-state index is 0.717. The summed E-state index contributed by atoms with van der Waals surface area (Å²) in [6.07, 6.45) is 9.92. The molecule has 0 saturated heterocycles. The summed E-state index contributed by atoms with van der Waals surface area (Å²) in [5.41, 5.74) is 2.78. The molecule has 1 fully saturated rings. The van der Waals surface area contributed by atoms with E-state index < -0.39 is 0 Å². The van der Waals surface area contributed by atoms with Crippen LogP contribution in [0.4, 0.5) is 0 Å². The standard InChI is InChI=1S/C17H24O/c1-3-4-14-5-9-16(10-6-14)17-11-7-15(8-12-17)13-18-2/h3-4,7-8,11-12,14,16H,5-6,9-10,13H2,1-2H3. The fourth-order valence-electron chi connectivity index (χ4n) is 2.97. The first kappa shape index (κ1) is 13.4. The third-order valence-electron chi connectivity index (χ3n) is 4.00. The molecule has 0 amide bonds. The van der Waals surface area contributed by atoms with Crippen LogP contribution in [-0.2, 0) is 11.3 Å². The first-order valence-corrected chi connectivity index (χ1v) is 7.04. The summed E-state index contributed by atoms with van der Waals surface area (Å²) in [6, 6.07) is 8.98. The van der Waals surface area contributed by atoms with E-state index in [1.165, 1.54) is 36.8 Å². The van der Waals surface area contributed by atoms with Crippen molar-refractivity contribution in [1.82, 2.24) is 0 Å². The Bertz CT molecular complexity index is 369. The molecule has 1 saturated carbocycles. The van der Waals surface area contributed by atoms with Crippen LogP contribution < -0.4 is 0 Å². The molecule has 0 aromatic heterocycles. The van der Waals surface area contributed by atoms with E-state index >= 15 is 0 Å². The van der Waals surface area contributed by atoms with Gasteiger partial charge in [0.2, 0.25) is 0 Å². The van der Waals surface area contributed by atoms with Crippen molar-refractivity contribution in [3.8, 4) is 0 Å². The fraction of sp³-hybridized carbons (Fsp3) is 0.529. The number of hydrogen-bond acceptors (Lipinski definition) is 1. The van der Waals surface area contributed by atoms with E-state index in [0.29, 0.717) is 6.61 Å². The quantitative estimate of drug-likeness (QED) is 0.699. The molecule has 98 valence electrons. The van der Waals surface area contributed by atoms with Gasteiger partial charge < -0.3 is 4.74 Å². The van der Waals surface area contributed by atoms with Crippen LogP contribution in [0.1, 0.15) is 49.7 Å². The van der Waals surface area contributed by atoms with Crippen LogP contribution in [0, 0.1) is 5.92 Å². The van der Waals surface area contributed by atoms with Crippen molar-refractivity contribution in [1.29, 1.82) is 0 Å². The third-order valence-corrected chi connectivity index (χ3v) is 4.00. The van der Waals surface area contributed by atoms with E-state index in [4.69, 9.17) is 4.74 Å². The van der Waals surface area contributed by atoms with Crippen molar-refractivity contribution in [2.75, 3.05) is 7.11 Å². The van der Waals surface area contributed by atoms with Gasteiger partial charge in [0, 0.05) is 7.11 Å². The Morgan fingerprint density at radius 3 is 2.33 bits per heavy atom. The lowest BCUT2D eigenvalue weighted by Crippen LogP contribution is -2.11. The Kier molecular flexibility index (Phi) is 5.00. The first-order valence-electron chi connectivity index (χ1n) is 7.04. The van der Waals surface area contributed by atoms with Gasteiger partial charge in [-0.2, -0.15) is 0 Å². The molecule has 0 unspecified atom stereocenters. The van der Waals surface area contributed by atoms with Crippen LogP contribution >= 0.6 is 0 Å². The third kappa shape index (κ3) is 3.46. The second-order valence-electron chi connectivity index (χ2n) is 5.31. The maximum absolute atomic E-state index is 5.15. The van der Waals surface area contributed by atoms with E-state index in [1.807, 2.05) is 0 Å². The zero-order chi connectivity index (χ0) is 12.8. The van der Waals surface area contributed by atoms with Crippen LogP contribution in [0.15, 0.2) is 36.4 Å². The molecule has 0 spiro atoms. The van der Waals surface area contributed by atoms with Crippen molar-refractivity contribution in [2.24, 2.45) is 5.92 Å². The Labute approximate surface area is 111 Å². The molecule has 1 aromatic carbocycles. The molecule has 0 radical (unpaired) electrons. The van der Waals surface area contributed by atoms with Gasteiger partial charge >= 0.3 is 0 Å². The SMILES string of the molecule is CC=CC1CCC(c2ccc(COC)cc2)CC1. The Hall–Kier alpha value is -1.08. The average Bonchev–Trinajstić information content (AvgIpc) is 2.41. The summed E-state index contributed by atoms with van der Waals surface area (Å²) in [5.74, 6) is 1.59. The predicted molar refractivity (Wildman–Crippen MR) is 76.7 cm³/mol. The van der Waals surface area contributed by atoms with Crippen LogP contribution in [0.2, 0.25) is 0 Å². The number of rotatable bonds is 4. The average molecular weight is 244 g/mol. The van der Waals surface area contributed by atoms with Gasteiger partial charge in [0.05, 0.1) is 6.61 Å². The predicted octanol–water partition coefficient (Wildman–Crippen LogP) is 4.68. The molecule has 0 atom stereocenters. The highest BCUT2D eigenvalue weighted by atomic mass is 16.5. The van der Waals surface area contributed by atoms with Crippen molar-refractivity contribution in [2.45, 2.75) is 45.1 Å². The van der Waals surface area contributed by atoms with Gasteiger partial charge in [-0.1, -0.05) is 36.4 Å². The first-order chi connectivity index (χ1) is 8.83. The number of benzene rings is 1. The van der Waals surface area contributed by atoms with Crippen LogP contribution in [0.5, 0.6) is 0 Å². The maximum Gasteiger partial charge on any atom is 0.0713 e. The molecular formula is C17H24O. The van der Waals surface area contributed by atoms with E-state index in [1.54, 1.807) is 7.11 Å². The minimum absolute atomic E-state index is 0.717. The van der Waals surface area contributed by atoms with Gasteiger partial charge in [-0.15, -0.1) is 0 Å². The zero-order valence-electron chi connectivity index (χ0n) is 11.6. The lowest BCUT2D eigenvalue weighted by atomic mass is 9.78. The van der Waals surface area contributed by atoms with Gasteiger partial charge in [0.15, 0.2) is 0 Å². The molecule has 0 bridgehead atoms. The van der Waals surface area contributed by atoms with Crippen molar-refractivity contribution in [3.05, 3.63) is 47.5 Å². The van der Waals surface area contributed by atoms with Crippen molar-refractivity contribution >= 4 is 0 Å². The van der Waals surface area contributed by atoms with Gasteiger partial charge in [-0.05, 0) is 55.6 Å². The van der Waals surface area contributed by atoms with Crippen LogP contribution in [0.25, 0.3) is 0 Å². The highest BCUT2D eigenvalue weighted by Gasteiger charge is 2.20. The summed E-state index contributed by atoms with van der Waals surface area (Å²) in [7, 11) is 1.75. The minimum Gasteiger partial charge on any atom is -0.380 e. The molecule has 1 aliphatic carbocycles. The molecule has 0 heterocycles. The van der Waals surface area contributed by atoms with Gasteiger partial charge in [0.25, 0.3) is 0 Å². The topological polar surface area (TPSA) is 9.23 Å². The zero-order valence-corrected chi connectivity index (χ0v) is 11.6. The molecule has 2 rings (SSSR count). The van der Waals surface area contributed by atoms with Gasteiger partial charge in [0.1, 0.15) is 0 Å². The summed E-state index contributed by atoms with van der Waals surface area (Å²) in [5, 5.41) is 0. The summed E-state index contributed by atoms with van der Waals surface area (Å²) < 4.78 is 5.15. The summed E-state index contributed by atoms with van der Waals surface area (Å²) in [6.45, 7) is 2.84. The normalized spacial score (nSPS) is 24.6. The van der Waals surface area contributed by atoms with Crippen molar-refractivity contribution in [3.63, 3.8) is 0 Å². The molecule has 0 aliphatic heterocycles. The molecule has 18 heavy (non-hydrogen) atoms. The second-order valence-corrected chi connectivity index (χ2v) is 5.31. The van der Waals surface area contributed by atoms with E-state index in [0.717, 1.165) is 11.8 Å². The van der Waals surface area contributed by atoms with Crippen molar-refractivity contribution < 1.29 is 4.74 Å². The molecular weight excluding hydrogens is 220 g/mol. The molecule has 1 aliphatic rings. The fourth-order valence-corrected chi connectivity index (χ4v) is 2.97. The monoisotopic (exact) mass is 244 g/mol. The van der Waals surface area contributed by atoms with E-state index in [-0.39, 0.29) is 0 Å². The molecule has 0 N–H and O–H groups in total. The second kappa shape index (κ2) is 6.75. The summed E-state index contributed by atoms with van der Waals surface area (Å²) >= 11 is 0. The van der Waals surface area contributed by atoms with Crippen LogP contribution in [0.3, 0.4) is 0 Å². The lowest BCUT2D eigenvalue weighted by Gasteiger charge is -2.27. The molecule has 1 nitrogen and oxygen atoms in total. The molecule has 1 aromatic rings. The number of ether oxygens (including phenoxy) is 1. The number of hydrogen-bond donors (Lipinski definition) is 0. The summed E-state index contributed by atoms with van der Waals surface area (Å²) in [4.78, 5) is 0.